The molecular weight excluding hydrogens is 186 g/mol. The van der Waals surface area contributed by atoms with Crippen LogP contribution < -0.4 is 0 Å². The largest absolute Gasteiger partial charge is 0.457 e. The molecule has 1 aliphatic rings. The van der Waals surface area contributed by atoms with Gasteiger partial charge in [-0.05, 0) is 26.7 Å². The van der Waals surface area contributed by atoms with Crippen molar-refractivity contribution in [2.45, 2.75) is 32.8 Å². The lowest BCUT2D eigenvalue weighted by Gasteiger charge is -1.97. The van der Waals surface area contributed by atoms with E-state index in [1.807, 2.05) is 13.8 Å². The zero-order chi connectivity index (χ0) is 9.42. The molecule has 13 heavy (non-hydrogen) atoms. The molecular formula is C9H11NO2S. The van der Waals surface area contributed by atoms with Crippen LogP contribution >= 0.6 is 11.3 Å². The van der Waals surface area contributed by atoms with Crippen LogP contribution in [0.1, 0.15) is 33.2 Å². The molecule has 0 spiro atoms. The maximum atomic E-state index is 11.4. The monoisotopic (exact) mass is 197 g/mol. The Hall–Kier alpha value is -0.900. The molecule has 4 heteroatoms. The van der Waals surface area contributed by atoms with Gasteiger partial charge >= 0.3 is 5.97 Å². The van der Waals surface area contributed by atoms with Crippen LogP contribution in [0.2, 0.25) is 0 Å². The Kier molecular flexibility index (Phi) is 2.07. The van der Waals surface area contributed by atoms with Crippen molar-refractivity contribution >= 4 is 17.3 Å². The van der Waals surface area contributed by atoms with Gasteiger partial charge in [0.15, 0.2) is 0 Å². The average Bonchev–Trinajstić information content (AvgIpc) is 2.81. The zero-order valence-corrected chi connectivity index (χ0v) is 8.48. The van der Waals surface area contributed by atoms with E-state index in [4.69, 9.17) is 4.74 Å². The highest BCUT2D eigenvalue weighted by atomic mass is 32.1. The second-order valence-corrected chi connectivity index (χ2v) is 4.47. The topological polar surface area (TPSA) is 39.2 Å². The summed E-state index contributed by atoms with van der Waals surface area (Å²) in [7, 11) is 0. The van der Waals surface area contributed by atoms with Crippen LogP contribution in [0.25, 0.3) is 0 Å². The minimum absolute atomic E-state index is 0.164. The van der Waals surface area contributed by atoms with Gasteiger partial charge in [-0.25, -0.2) is 9.78 Å². The number of aryl methyl sites for hydroxylation is 2. The van der Waals surface area contributed by atoms with Gasteiger partial charge in [-0.15, -0.1) is 11.3 Å². The van der Waals surface area contributed by atoms with Crippen molar-refractivity contribution in [2.75, 3.05) is 0 Å². The third-order valence-electron chi connectivity index (χ3n) is 2.00. The van der Waals surface area contributed by atoms with E-state index in [-0.39, 0.29) is 12.1 Å². The molecule has 70 valence electrons. The second-order valence-electron chi connectivity index (χ2n) is 3.27. The number of aromatic nitrogens is 1. The molecule has 1 aromatic heterocycles. The lowest BCUT2D eigenvalue weighted by atomic mass is 10.4. The smallest absolute Gasteiger partial charge is 0.367 e. The Morgan fingerprint density at radius 2 is 2.23 bits per heavy atom. The quantitative estimate of drug-likeness (QED) is 0.681. The van der Waals surface area contributed by atoms with E-state index in [9.17, 15) is 4.79 Å². The van der Waals surface area contributed by atoms with Gasteiger partial charge < -0.3 is 4.74 Å². The molecule has 0 bridgehead atoms. The van der Waals surface area contributed by atoms with Gasteiger partial charge in [0, 0.05) is 4.88 Å². The van der Waals surface area contributed by atoms with E-state index >= 15 is 0 Å². The van der Waals surface area contributed by atoms with Crippen molar-refractivity contribution < 1.29 is 9.53 Å². The predicted octanol–water partition coefficient (Wildman–Crippen LogP) is 2.08. The highest BCUT2D eigenvalue weighted by molar-refractivity contribution is 7.13. The highest BCUT2D eigenvalue weighted by Crippen LogP contribution is 2.26. The lowest BCUT2D eigenvalue weighted by molar-refractivity contribution is 0.0471. The normalized spacial score (nSPS) is 15.8. The number of hydrogen-bond donors (Lipinski definition) is 0. The number of carbonyl (C=O) groups excluding carboxylic acids is 1. The minimum Gasteiger partial charge on any atom is -0.457 e. The molecule has 0 aliphatic heterocycles. The number of thiazole rings is 1. The van der Waals surface area contributed by atoms with Crippen molar-refractivity contribution in [1.29, 1.82) is 0 Å². The molecule has 1 aliphatic carbocycles. The SMILES string of the molecule is Cc1nc(C(=O)OC2CC2)sc1C. The maximum absolute atomic E-state index is 11.4. The fourth-order valence-electron chi connectivity index (χ4n) is 0.948. The molecule has 0 unspecified atom stereocenters. The summed E-state index contributed by atoms with van der Waals surface area (Å²) in [4.78, 5) is 16.6. The molecule has 1 heterocycles. The van der Waals surface area contributed by atoms with Crippen LogP contribution in [0.4, 0.5) is 0 Å². The molecule has 0 radical (unpaired) electrons. The standard InChI is InChI=1S/C9H11NO2S/c1-5-6(2)13-8(10-5)9(11)12-7-3-4-7/h7H,3-4H2,1-2H3. The summed E-state index contributed by atoms with van der Waals surface area (Å²) in [6.07, 6.45) is 2.18. The molecule has 0 saturated heterocycles. The number of hydrogen-bond acceptors (Lipinski definition) is 4. The first-order chi connectivity index (χ1) is 6.16. The number of rotatable bonds is 2. The summed E-state index contributed by atoms with van der Waals surface area (Å²) in [5, 5.41) is 0.488. The molecule has 0 atom stereocenters. The van der Waals surface area contributed by atoms with Gasteiger partial charge in [-0.1, -0.05) is 0 Å². The van der Waals surface area contributed by atoms with Crippen LogP contribution in [0.5, 0.6) is 0 Å². The number of carbonyl (C=O) groups is 1. The van der Waals surface area contributed by atoms with E-state index in [0.29, 0.717) is 5.01 Å². The molecule has 1 aromatic rings. The van der Waals surface area contributed by atoms with Crippen molar-refractivity contribution in [2.24, 2.45) is 0 Å². The van der Waals surface area contributed by atoms with Crippen LogP contribution in [0.15, 0.2) is 0 Å². The Morgan fingerprint density at radius 1 is 1.54 bits per heavy atom. The number of nitrogens with zero attached hydrogens (tertiary/aromatic N) is 1. The Morgan fingerprint density at radius 3 is 2.69 bits per heavy atom. The van der Waals surface area contributed by atoms with Crippen molar-refractivity contribution in [3.05, 3.63) is 15.6 Å². The Labute approximate surface area is 80.8 Å². The summed E-state index contributed by atoms with van der Waals surface area (Å²) in [6.45, 7) is 3.86. The minimum atomic E-state index is -0.260. The van der Waals surface area contributed by atoms with Crippen LogP contribution in [-0.4, -0.2) is 17.1 Å². The summed E-state index contributed by atoms with van der Waals surface area (Å²) in [5.74, 6) is -0.260. The van der Waals surface area contributed by atoms with Crippen molar-refractivity contribution in [3.8, 4) is 0 Å². The van der Waals surface area contributed by atoms with E-state index in [1.54, 1.807) is 0 Å². The molecule has 3 nitrogen and oxygen atoms in total. The van der Waals surface area contributed by atoms with E-state index < -0.39 is 0 Å². The van der Waals surface area contributed by atoms with Gasteiger partial charge in [0.2, 0.25) is 5.01 Å². The fourth-order valence-corrected chi connectivity index (χ4v) is 1.75. The van der Waals surface area contributed by atoms with Gasteiger partial charge in [-0.3, -0.25) is 0 Å². The third kappa shape index (κ3) is 1.88. The summed E-state index contributed by atoms with van der Waals surface area (Å²) < 4.78 is 5.12. The molecule has 2 rings (SSSR count). The maximum Gasteiger partial charge on any atom is 0.367 e. The highest BCUT2D eigenvalue weighted by Gasteiger charge is 2.27. The van der Waals surface area contributed by atoms with Gasteiger partial charge in [-0.2, -0.15) is 0 Å². The molecule has 0 aromatic carbocycles. The molecule has 0 N–H and O–H groups in total. The Balaban J connectivity index is 2.09. The van der Waals surface area contributed by atoms with Crippen molar-refractivity contribution in [3.63, 3.8) is 0 Å². The third-order valence-corrected chi connectivity index (χ3v) is 3.05. The average molecular weight is 197 g/mol. The first-order valence-electron chi connectivity index (χ1n) is 4.32. The summed E-state index contributed by atoms with van der Waals surface area (Å²) in [6, 6.07) is 0. The Bertz CT molecular complexity index is 322. The molecule has 1 saturated carbocycles. The lowest BCUT2D eigenvalue weighted by Crippen LogP contribution is -2.05. The molecule has 1 fully saturated rings. The van der Waals surface area contributed by atoms with Crippen LogP contribution in [-0.2, 0) is 4.74 Å². The summed E-state index contributed by atoms with van der Waals surface area (Å²) in [5.41, 5.74) is 0.924. The first kappa shape index (κ1) is 8.69. The van der Waals surface area contributed by atoms with Crippen LogP contribution in [0.3, 0.4) is 0 Å². The predicted molar refractivity (Wildman–Crippen MR) is 50.0 cm³/mol. The number of esters is 1. The van der Waals surface area contributed by atoms with E-state index in [1.165, 1.54) is 11.3 Å². The van der Waals surface area contributed by atoms with Crippen molar-refractivity contribution in [1.82, 2.24) is 4.98 Å². The first-order valence-corrected chi connectivity index (χ1v) is 5.13. The zero-order valence-electron chi connectivity index (χ0n) is 7.66. The van der Waals surface area contributed by atoms with Crippen LogP contribution in [0, 0.1) is 13.8 Å². The fraction of sp³-hybridized carbons (Fsp3) is 0.556. The second kappa shape index (κ2) is 3.10. The van der Waals surface area contributed by atoms with Gasteiger partial charge in [0.05, 0.1) is 5.69 Å². The van der Waals surface area contributed by atoms with E-state index in [0.717, 1.165) is 23.4 Å². The molecule has 0 amide bonds. The van der Waals surface area contributed by atoms with Gasteiger partial charge in [0.1, 0.15) is 6.10 Å². The van der Waals surface area contributed by atoms with E-state index in [2.05, 4.69) is 4.98 Å². The van der Waals surface area contributed by atoms with Gasteiger partial charge in [0.25, 0.3) is 0 Å². The number of ether oxygens (including phenoxy) is 1. The summed E-state index contributed by atoms with van der Waals surface area (Å²) >= 11 is 1.41.